The van der Waals surface area contributed by atoms with Crippen molar-refractivity contribution in [3.63, 3.8) is 0 Å². The number of nitrogens with zero attached hydrogens (tertiary/aromatic N) is 3. The lowest BCUT2D eigenvalue weighted by Crippen LogP contribution is -2.45. The van der Waals surface area contributed by atoms with E-state index >= 15 is 0 Å². The molecule has 0 spiro atoms. The van der Waals surface area contributed by atoms with Gasteiger partial charge in [0.05, 0.1) is 9.79 Å². The lowest BCUT2D eigenvalue weighted by atomic mass is 10.1. The molecule has 0 amide bonds. The van der Waals surface area contributed by atoms with Crippen LogP contribution in [0.4, 0.5) is 0 Å². The van der Waals surface area contributed by atoms with E-state index < -0.39 is 20.0 Å². The summed E-state index contributed by atoms with van der Waals surface area (Å²) >= 11 is 0. The maximum absolute atomic E-state index is 13.0. The van der Waals surface area contributed by atoms with E-state index in [0.717, 1.165) is 38.8 Å². The van der Waals surface area contributed by atoms with Crippen LogP contribution < -0.4 is 0 Å². The SMILES string of the molecule is O=S(=O)(c1ccc(S(=O)(=O)N2CCC(N3CCCC3)CC2)cc1)N1CCCC1. The molecule has 156 valence electrons. The van der Waals surface area contributed by atoms with Crippen LogP contribution in [0.3, 0.4) is 0 Å². The molecule has 0 bridgehead atoms. The Hall–Kier alpha value is -1.00. The standard InChI is InChI=1S/C19H29N3O4S2/c23-27(24,21-13-3-4-14-21)18-5-7-19(8-6-18)28(25,26)22-15-9-17(10-16-22)20-11-1-2-12-20/h5-8,17H,1-4,9-16H2. The Bertz CT molecular complexity index is 880. The van der Waals surface area contributed by atoms with Gasteiger partial charge in [-0.05, 0) is 75.9 Å². The Morgan fingerprint density at radius 3 is 1.46 bits per heavy atom. The third-order valence-electron chi connectivity index (χ3n) is 6.24. The number of sulfonamides is 2. The van der Waals surface area contributed by atoms with Crippen molar-refractivity contribution in [3.05, 3.63) is 24.3 Å². The summed E-state index contributed by atoms with van der Waals surface area (Å²) in [6.45, 7) is 4.38. The smallest absolute Gasteiger partial charge is 0.243 e. The van der Waals surface area contributed by atoms with Crippen LogP contribution in [0.25, 0.3) is 0 Å². The van der Waals surface area contributed by atoms with Crippen LogP contribution >= 0.6 is 0 Å². The summed E-state index contributed by atoms with van der Waals surface area (Å²) in [7, 11) is -7.11. The van der Waals surface area contributed by atoms with Crippen LogP contribution in [0.15, 0.2) is 34.1 Å². The third-order valence-corrected chi connectivity index (χ3v) is 10.1. The Labute approximate surface area is 168 Å². The van der Waals surface area contributed by atoms with E-state index in [2.05, 4.69) is 4.90 Å². The molecular formula is C19H29N3O4S2. The van der Waals surface area contributed by atoms with Crippen molar-refractivity contribution in [2.75, 3.05) is 39.3 Å². The van der Waals surface area contributed by atoms with Gasteiger partial charge in [-0.3, -0.25) is 0 Å². The highest BCUT2D eigenvalue weighted by Gasteiger charge is 2.33. The van der Waals surface area contributed by atoms with Gasteiger partial charge in [0, 0.05) is 32.2 Å². The van der Waals surface area contributed by atoms with E-state index in [-0.39, 0.29) is 9.79 Å². The molecule has 0 radical (unpaired) electrons. The second-order valence-corrected chi connectivity index (χ2v) is 11.8. The molecule has 3 heterocycles. The monoisotopic (exact) mass is 427 g/mol. The first-order valence-electron chi connectivity index (χ1n) is 10.2. The van der Waals surface area contributed by atoms with Crippen LogP contribution in [0, 0.1) is 0 Å². The van der Waals surface area contributed by atoms with Gasteiger partial charge < -0.3 is 4.90 Å². The van der Waals surface area contributed by atoms with Crippen molar-refractivity contribution < 1.29 is 16.8 Å². The predicted molar refractivity (Wildman–Crippen MR) is 107 cm³/mol. The first-order valence-corrected chi connectivity index (χ1v) is 13.1. The largest absolute Gasteiger partial charge is 0.300 e. The Balaban J connectivity index is 1.44. The minimum atomic E-state index is -3.58. The van der Waals surface area contributed by atoms with Gasteiger partial charge in [0.15, 0.2) is 0 Å². The number of hydrogen-bond donors (Lipinski definition) is 0. The van der Waals surface area contributed by atoms with Crippen molar-refractivity contribution in [3.8, 4) is 0 Å². The fourth-order valence-corrected chi connectivity index (χ4v) is 7.55. The first kappa shape index (κ1) is 20.3. The number of benzene rings is 1. The molecule has 0 aliphatic carbocycles. The summed E-state index contributed by atoms with van der Waals surface area (Å²) in [5.41, 5.74) is 0. The lowest BCUT2D eigenvalue weighted by molar-refractivity contribution is 0.168. The van der Waals surface area contributed by atoms with Crippen LogP contribution in [0.1, 0.15) is 38.5 Å². The first-order chi connectivity index (χ1) is 13.4. The van der Waals surface area contributed by atoms with Gasteiger partial charge in [-0.25, -0.2) is 16.8 Å². The summed E-state index contributed by atoms with van der Waals surface area (Å²) < 4.78 is 54.2. The highest BCUT2D eigenvalue weighted by molar-refractivity contribution is 7.89. The zero-order valence-corrected chi connectivity index (χ0v) is 17.8. The lowest BCUT2D eigenvalue weighted by Gasteiger charge is -2.36. The van der Waals surface area contributed by atoms with E-state index in [1.807, 2.05) is 0 Å². The summed E-state index contributed by atoms with van der Waals surface area (Å²) in [6.07, 6.45) is 5.95. The Kier molecular flexibility index (Phi) is 5.81. The number of likely N-dealkylation sites (tertiary alicyclic amines) is 1. The van der Waals surface area contributed by atoms with Crippen molar-refractivity contribution >= 4 is 20.0 Å². The van der Waals surface area contributed by atoms with Crippen molar-refractivity contribution in [1.82, 2.24) is 13.5 Å². The van der Waals surface area contributed by atoms with E-state index in [9.17, 15) is 16.8 Å². The molecule has 9 heteroatoms. The van der Waals surface area contributed by atoms with E-state index in [0.29, 0.717) is 32.2 Å². The molecular weight excluding hydrogens is 398 g/mol. The van der Waals surface area contributed by atoms with Gasteiger partial charge in [-0.15, -0.1) is 0 Å². The summed E-state index contributed by atoms with van der Waals surface area (Å²) in [5, 5.41) is 0. The normalized spacial score (nSPS) is 24.1. The second kappa shape index (κ2) is 8.02. The fraction of sp³-hybridized carbons (Fsp3) is 0.684. The van der Waals surface area contributed by atoms with Crippen molar-refractivity contribution in [2.24, 2.45) is 0 Å². The number of hydrogen-bond acceptors (Lipinski definition) is 5. The molecule has 4 rings (SSSR count). The average molecular weight is 428 g/mol. The van der Waals surface area contributed by atoms with E-state index in [1.165, 1.54) is 41.4 Å². The molecule has 3 aliphatic heterocycles. The van der Waals surface area contributed by atoms with Gasteiger partial charge in [0.1, 0.15) is 0 Å². The third kappa shape index (κ3) is 3.87. The number of piperidine rings is 1. The molecule has 0 N–H and O–H groups in total. The topological polar surface area (TPSA) is 78.0 Å². The predicted octanol–water partition coefficient (Wildman–Crippen LogP) is 1.72. The van der Waals surface area contributed by atoms with Crippen molar-refractivity contribution in [1.29, 1.82) is 0 Å². The van der Waals surface area contributed by atoms with Gasteiger partial charge in [0.2, 0.25) is 20.0 Å². The van der Waals surface area contributed by atoms with Crippen LogP contribution in [0.5, 0.6) is 0 Å². The molecule has 3 saturated heterocycles. The fourth-order valence-electron chi connectivity index (χ4n) is 4.56. The van der Waals surface area contributed by atoms with Crippen LogP contribution in [0.2, 0.25) is 0 Å². The summed E-state index contributed by atoms with van der Waals surface area (Å²) in [6, 6.07) is 6.21. The van der Waals surface area contributed by atoms with Gasteiger partial charge in [0.25, 0.3) is 0 Å². The summed E-state index contributed by atoms with van der Waals surface area (Å²) in [4.78, 5) is 2.83. The molecule has 1 aromatic rings. The van der Waals surface area contributed by atoms with Gasteiger partial charge >= 0.3 is 0 Å². The minimum Gasteiger partial charge on any atom is -0.300 e. The molecule has 3 fully saturated rings. The summed E-state index contributed by atoms with van der Waals surface area (Å²) in [5.74, 6) is 0. The zero-order chi connectivity index (χ0) is 19.8. The minimum absolute atomic E-state index is 0.168. The van der Waals surface area contributed by atoms with Gasteiger partial charge in [-0.2, -0.15) is 8.61 Å². The highest BCUT2D eigenvalue weighted by Crippen LogP contribution is 2.27. The molecule has 7 nitrogen and oxygen atoms in total. The van der Waals surface area contributed by atoms with Crippen LogP contribution in [-0.2, 0) is 20.0 Å². The van der Waals surface area contributed by atoms with Gasteiger partial charge in [-0.1, -0.05) is 0 Å². The van der Waals surface area contributed by atoms with Crippen molar-refractivity contribution in [2.45, 2.75) is 54.4 Å². The number of rotatable bonds is 5. The molecule has 0 unspecified atom stereocenters. The van der Waals surface area contributed by atoms with Crippen LogP contribution in [-0.4, -0.2) is 75.7 Å². The highest BCUT2D eigenvalue weighted by atomic mass is 32.2. The second-order valence-electron chi connectivity index (χ2n) is 7.96. The van der Waals surface area contributed by atoms with E-state index in [4.69, 9.17) is 0 Å². The molecule has 28 heavy (non-hydrogen) atoms. The maximum Gasteiger partial charge on any atom is 0.243 e. The molecule has 0 saturated carbocycles. The average Bonchev–Trinajstić information content (AvgIpc) is 3.42. The molecule has 3 aliphatic rings. The van der Waals surface area contributed by atoms with E-state index in [1.54, 1.807) is 4.31 Å². The Morgan fingerprint density at radius 2 is 1.00 bits per heavy atom. The molecule has 1 aromatic carbocycles. The maximum atomic E-state index is 13.0. The molecule has 0 aromatic heterocycles. The molecule has 0 atom stereocenters. The Morgan fingerprint density at radius 1 is 0.607 bits per heavy atom. The zero-order valence-electron chi connectivity index (χ0n) is 16.2. The quantitative estimate of drug-likeness (QED) is 0.715.